The van der Waals surface area contributed by atoms with E-state index in [2.05, 4.69) is 11.6 Å². The molecule has 6 heteroatoms. The molecule has 6 nitrogen and oxygen atoms in total. The van der Waals surface area contributed by atoms with Crippen molar-refractivity contribution in [2.75, 3.05) is 0 Å². The summed E-state index contributed by atoms with van der Waals surface area (Å²) in [6.45, 7) is 7.85. The van der Waals surface area contributed by atoms with Crippen molar-refractivity contribution in [2.24, 2.45) is 17.5 Å². The third-order valence-corrected chi connectivity index (χ3v) is 4.40. The van der Waals surface area contributed by atoms with Gasteiger partial charge in [-0.3, -0.25) is 19.1 Å². The maximum atomic E-state index is 11.8. The van der Waals surface area contributed by atoms with Crippen molar-refractivity contribution in [3.63, 3.8) is 0 Å². The van der Waals surface area contributed by atoms with Gasteiger partial charge in [-0.15, -0.1) is 6.58 Å². The Labute approximate surface area is 144 Å². The maximum absolute atomic E-state index is 11.8. The molecule has 0 bridgehead atoms. The van der Waals surface area contributed by atoms with Gasteiger partial charge in [-0.2, -0.15) is 0 Å². The van der Waals surface area contributed by atoms with E-state index < -0.39 is 16.5 Å². The highest BCUT2D eigenvalue weighted by Gasteiger charge is 2.31. The van der Waals surface area contributed by atoms with Crippen LogP contribution in [0, 0.1) is 5.41 Å². The lowest BCUT2D eigenvalue weighted by Crippen LogP contribution is -2.35. The third kappa shape index (κ3) is 2.65. The van der Waals surface area contributed by atoms with Crippen molar-refractivity contribution in [1.29, 1.82) is 0 Å². The second-order valence-corrected chi connectivity index (χ2v) is 6.52. The molecule has 0 amide bonds. The molecule has 2 aromatic rings. The minimum Gasteiger partial charge on any atom is -0.493 e. The fourth-order valence-electron chi connectivity index (χ4n) is 2.75. The first-order valence-corrected chi connectivity index (χ1v) is 7.83. The number of benzene rings is 1. The molecule has 0 unspecified atom stereocenters. The van der Waals surface area contributed by atoms with Crippen molar-refractivity contribution in [2.45, 2.75) is 13.8 Å². The number of fused-ring (bicyclic) bond motifs is 1. The average molecular weight is 337 g/mol. The second kappa shape index (κ2) is 5.73. The lowest BCUT2D eigenvalue weighted by molar-refractivity contribution is 0.416. The lowest BCUT2D eigenvalue weighted by atomic mass is 9.82. The van der Waals surface area contributed by atoms with Gasteiger partial charge in [-0.25, -0.2) is 0 Å². The van der Waals surface area contributed by atoms with E-state index in [-0.39, 0.29) is 11.6 Å². The minimum absolute atomic E-state index is 0.159. The van der Waals surface area contributed by atoms with E-state index in [0.29, 0.717) is 0 Å². The zero-order valence-electron chi connectivity index (χ0n) is 14.3. The summed E-state index contributed by atoms with van der Waals surface area (Å²) in [4.78, 5) is 30.6. The monoisotopic (exact) mass is 337 g/mol. The summed E-state index contributed by atoms with van der Waals surface area (Å²) in [5, 5.41) is 10.2. The second-order valence-electron chi connectivity index (χ2n) is 6.52. The van der Waals surface area contributed by atoms with Crippen LogP contribution in [0.1, 0.15) is 25.1 Å². The van der Waals surface area contributed by atoms with E-state index in [1.165, 1.54) is 7.05 Å². The van der Waals surface area contributed by atoms with E-state index in [4.69, 9.17) is 4.99 Å². The number of aromatic amines is 1. The molecule has 3 rings (SSSR count). The van der Waals surface area contributed by atoms with E-state index >= 15 is 0 Å². The number of hydrogen-bond donors (Lipinski definition) is 2. The minimum atomic E-state index is -0.813. The van der Waals surface area contributed by atoms with Gasteiger partial charge in [-0.1, -0.05) is 38.1 Å². The molecule has 25 heavy (non-hydrogen) atoms. The molecule has 0 radical (unpaired) electrons. The Morgan fingerprint density at radius 3 is 2.64 bits per heavy atom. The standard InChI is InChI=1S/C19H19N3O3/c1-5-19(2,3)15-12(11-8-6-7-9-13(11)20-15)10-14-17(24)22(4)18(25)16(23)21-14/h5-10,24H,1H2,2-4H3,(H,21,23). The average Bonchev–Trinajstić information content (AvgIpc) is 2.97. The predicted octanol–water partition coefficient (Wildman–Crippen LogP) is 2.62. The Morgan fingerprint density at radius 2 is 1.96 bits per heavy atom. The Bertz CT molecular complexity index is 1050. The third-order valence-electron chi connectivity index (χ3n) is 4.40. The number of rotatable bonds is 3. The molecule has 1 aromatic heterocycles. The molecule has 0 aliphatic carbocycles. The zero-order chi connectivity index (χ0) is 18.4. The van der Waals surface area contributed by atoms with E-state index in [9.17, 15) is 14.7 Å². The Morgan fingerprint density at radius 1 is 1.28 bits per heavy atom. The van der Waals surface area contributed by atoms with Crippen LogP contribution in [0.15, 0.2) is 51.5 Å². The number of aromatic hydroxyl groups is 1. The highest BCUT2D eigenvalue weighted by atomic mass is 16.3. The van der Waals surface area contributed by atoms with Gasteiger partial charge in [0.1, 0.15) is 5.69 Å². The van der Waals surface area contributed by atoms with Crippen LogP contribution in [-0.2, 0) is 7.05 Å². The van der Waals surface area contributed by atoms with Crippen LogP contribution in [0.3, 0.4) is 0 Å². The van der Waals surface area contributed by atoms with Crippen LogP contribution in [0.5, 0.6) is 5.88 Å². The van der Waals surface area contributed by atoms with Crippen LogP contribution in [0.4, 0.5) is 5.69 Å². The summed E-state index contributed by atoms with van der Waals surface area (Å²) >= 11 is 0. The summed E-state index contributed by atoms with van der Waals surface area (Å²) in [5.74, 6) is -0.308. The number of aromatic nitrogens is 2. The number of aliphatic imine (C=N–C) groups is 1. The quantitative estimate of drug-likeness (QED) is 0.667. The van der Waals surface area contributed by atoms with Crippen molar-refractivity contribution >= 4 is 23.0 Å². The number of H-pyrrole nitrogens is 1. The molecular formula is C19H19N3O3. The fourth-order valence-corrected chi connectivity index (χ4v) is 2.75. The normalized spacial score (nSPS) is 15.2. The summed E-state index contributed by atoms with van der Waals surface area (Å²) in [5.41, 5.74) is 1.38. The van der Waals surface area contributed by atoms with Gasteiger partial charge in [0.2, 0.25) is 5.88 Å². The van der Waals surface area contributed by atoms with Gasteiger partial charge in [0.15, 0.2) is 0 Å². The van der Waals surface area contributed by atoms with Gasteiger partial charge >= 0.3 is 11.1 Å². The first kappa shape index (κ1) is 16.7. The molecule has 1 aliphatic heterocycles. The predicted molar refractivity (Wildman–Crippen MR) is 99.4 cm³/mol. The van der Waals surface area contributed by atoms with Gasteiger partial charge in [0, 0.05) is 23.6 Å². The number of nitrogens with one attached hydrogen (secondary N) is 1. The van der Waals surface area contributed by atoms with Crippen molar-refractivity contribution in [3.8, 4) is 5.88 Å². The largest absolute Gasteiger partial charge is 0.493 e. The Balaban J connectivity index is 2.29. The maximum Gasteiger partial charge on any atom is 0.318 e. The number of para-hydroxylation sites is 1. The lowest BCUT2D eigenvalue weighted by Gasteiger charge is -2.21. The Hall–Kier alpha value is -3.15. The summed E-state index contributed by atoms with van der Waals surface area (Å²) < 4.78 is 0.918. The Kier molecular flexibility index (Phi) is 3.83. The van der Waals surface area contributed by atoms with E-state index in [1.807, 2.05) is 38.1 Å². The number of nitrogens with zero attached hydrogens (tertiary/aromatic N) is 2. The van der Waals surface area contributed by atoms with Crippen LogP contribution >= 0.6 is 0 Å². The smallest absolute Gasteiger partial charge is 0.318 e. The van der Waals surface area contributed by atoms with Crippen LogP contribution in [-0.4, -0.2) is 20.4 Å². The van der Waals surface area contributed by atoms with Crippen LogP contribution in [0.2, 0.25) is 0 Å². The molecule has 0 saturated heterocycles. The van der Waals surface area contributed by atoms with Gasteiger partial charge < -0.3 is 10.1 Å². The van der Waals surface area contributed by atoms with Gasteiger partial charge in [0.25, 0.3) is 0 Å². The molecule has 0 spiro atoms. The van der Waals surface area contributed by atoms with Gasteiger partial charge in [0.05, 0.1) is 11.4 Å². The molecule has 0 saturated carbocycles. The summed E-state index contributed by atoms with van der Waals surface area (Å²) in [7, 11) is 1.35. The SMILES string of the molecule is C=CC(C)(C)C1=Nc2ccccc2C1=Cc1[nH]c(=O)c(=O)n(C)c1O. The highest BCUT2D eigenvalue weighted by Crippen LogP contribution is 2.42. The molecule has 0 fully saturated rings. The molecule has 2 heterocycles. The van der Waals surface area contributed by atoms with Crippen LogP contribution in [0.25, 0.3) is 11.6 Å². The topological polar surface area (TPSA) is 87.5 Å². The van der Waals surface area contributed by atoms with Gasteiger partial charge in [-0.05, 0) is 12.1 Å². The number of hydrogen-bond acceptors (Lipinski definition) is 4. The molecule has 2 N–H and O–H groups in total. The summed E-state index contributed by atoms with van der Waals surface area (Å²) in [6.07, 6.45) is 3.45. The van der Waals surface area contributed by atoms with Crippen molar-refractivity contribution in [3.05, 3.63) is 68.9 Å². The molecule has 0 atom stereocenters. The fraction of sp³-hybridized carbons (Fsp3) is 0.211. The molecule has 1 aromatic carbocycles. The van der Waals surface area contributed by atoms with E-state index in [0.717, 1.165) is 27.1 Å². The summed E-state index contributed by atoms with van der Waals surface area (Å²) in [6, 6.07) is 7.62. The van der Waals surface area contributed by atoms with E-state index in [1.54, 1.807) is 12.2 Å². The molecular weight excluding hydrogens is 318 g/mol. The first-order valence-electron chi connectivity index (χ1n) is 7.83. The zero-order valence-corrected chi connectivity index (χ0v) is 14.3. The molecule has 128 valence electrons. The number of allylic oxidation sites excluding steroid dienone is 2. The van der Waals surface area contributed by atoms with Crippen molar-refractivity contribution < 1.29 is 5.11 Å². The molecule has 1 aliphatic rings. The van der Waals surface area contributed by atoms with Crippen molar-refractivity contribution in [1.82, 2.24) is 9.55 Å². The highest BCUT2D eigenvalue weighted by molar-refractivity contribution is 6.34. The first-order chi connectivity index (χ1) is 11.8. The van der Waals surface area contributed by atoms with Crippen LogP contribution < -0.4 is 11.1 Å².